The molecule has 0 aliphatic rings. The minimum atomic E-state index is 0.826. The Bertz CT molecular complexity index is 495. The van der Waals surface area contributed by atoms with Crippen LogP contribution >= 0.6 is 0 Å². The van der Waals surface area contributed by atoms with Crippen LogP contribution in [0.1, 0.15) is 19.4 Å². The number of aromatic nitrogens is 1. The van der Waals surface area contributed by atoms with Crippen molar-refractivity contribution in [1.82, 2.24) is 4.98 Å². The molecule has 0 saturated carbocycles. The molecule has 3 N–H and O–H groups in total. The van der Waals surface area contributed by atoms with Crippen LogP contribution in [0.4, 0.5) is 11.4 Å². The van der Waals surface area contributed by atoms with E-state index in [4.69, 9.17) is 5.73 Å². The number of H-pyrrole nitrogens is 1. The molecule has 1 aromatic carbocycles. The minimum Gasteiger partial charge on any atom is -0.397 e. The molecular weight excluding hydrogens is 198 g/mol. The average Bonchev–Trinajstić information content (AvgIpc) is 2.63. The van der Waals surface area contributed by atoms with Crippen molar-refractivity contribution >= 4 is 22.3 Å². The van der Waals surface area contributed by atoms with Crippen molar-refractivity contribution in [2.75, 3.05) is 23.7 Å². The highest BCUT2D eigenvalue weighted by Crippen LogP contribution is 2.29. The van der Waals surface area contributed by atoms with Gasteiger partial charge < -0.3 is 15.6 Å². The minimum absolute atomic E-state index is 0.826. The van der Waals surface area contributed by atoms with Gasteiger partial charge in [0.15, 0.2) is 0 Å². The maximum absolute atomic E-state index is 5.95. The van der Waals surface area contributed by atoms with E-state index in [9.17, 15) is 0 Å². The molecule has 0 unspecified atom stereocenters. The third-order valence-corrected chi connectivity index (χ3v) is 3.13. The van der Waals surface area contributed by atoms with Crippen molar-refractivity contribution in [3.63, 3.8) is 0 Å². The normalized spacial score (nSPS) is 10.9. The number of aromatic amines is 1. The van der Waals surface area contributed by atoms with E-state index in [0.29, 0.717) is 0 Å². The molecule has 3 heteroatoms. The molecule has 86 valence electrons. The lowest BCUT2D eigenvalue weighted by atomic mass is 10.1. The Hall–Kier alpha value is -1.64. The van der Waals surface area contributed by atoms with Crippen LogP contribution in [0.25, 0.3) is 10.9 Å². The van der Waals surface area contributed by atoms with Crippen LogP contribution in [0, 0.1) is 6.92 Å². The Morgan fingerprint density at radius 1 is 1.25 bits per heavy atom. The lowest BCUT2D eigenvalue weighted by molar-refractivity contribution is 0.866. The summed E-state index contributed by atoms with van der Waals surface area (Å²) in [4.78, 5) is 5.55. The van der Waals surface area contributed by atoms with Crippen LogP contribution in [0.3, 0.4) is 0 Å². The van der Waals surface area contributed by atoms with Gasteiger partial charge in [0.05, 0.1) is 11.2 Å². The Labute approximate surface area is 96.2 Å². The topological polar surface area (TPSA) is 45.0 Å². The van der Waals surface area contributed by atoms with Crippen LogP contribution in [0.2, 0.25) is 0 Å². The Morgan fingerprint density at radius 3 is 2.56 bits per heavy atom. The Morgan fingerprint density at radius 2 is 1.94 bits per heavy atom. The van der Waals surface area contributed by atoms with E-state index in [-0.39, 0.29) is 0 Å². The van der Waals surface area contributed by atoms with E-state index in [1.165, 1.54) is 11.3 Å². The molecule has 0 aliphatic heterocycles. The summed E-state index contributed by atoms with van der Waals surface area (Å²) >= 11 is 0. The van der Waals surface area contributed by atoms with E-state index in [0.717, 1.165) is 29.7 Å². The first-order valence-electron chi connectivity index (χ1n) is 5.79. The summed E-state index contributed by atoms with van der Waals surface area (Å²) in [6.07, 6.45) is 1.86. The second-order valence-corrected chi connectivity index (χ2v) is 4.10. The molecule has 0 spiro atoms. The fraction of sp³-hybridized carbons (Fsp3) is 0.385. The quantitative estimate of drug-likeness (QED) is 0.830. The van der Waals surface area contributed by atoms with Crippen molar-refractivity contribution in [2.24, 2.45) is 0 Å². The lowest BCUT2D eigenvalue weighted by Crippen LogP contribution is -2.21. The van der Waals surface area contributed by atoms with E-state index in [2.05, 4.69) is 42.8 Å². The molecular formula is C13H19N3. The zero-order valence-corrected chi connectivity index (χ0v) is 10.2. The number of nitrogens with two attached hydrogens (primary N) is 1. The molecule has 0 atom stereocenters. The molecule has 0 amide bonds. The summed E-state index contributed by atoms with van der Waals surface area (Å²) in [6.45, 7) is 8.50. The number of anilines is 2. The number of nitrogen functional groups attached to an aromatic ring is 1. The van der Waals surface area contributed by atoms with Gasteiger partial charge in [-0.2, -0.15) is 0 Å². The highest BCUT2D eigenvalue weighted by molar-refractivity contribution is 5.95. The monoisotopic (exact) mass is 217 g/mol. The summed E-state index contributed by atoms with van der Waals surface area (Å²) < 4.78 is 0. The van der Waals surface area contributed by atoms with Crippen molar-refractivity contribution in [3.8, 4) is 0 Å². The molecule has 1 aromatic heterocycles. The molecule has 2 aromatic rings. The first-order chi connectivity index (χ1) is 7.67. The number of nitrogens with one attached hydrogen (secondary N) is 1. The molecule has 0 saturated heterocycles. The van der Waals surface area contributed by atoms with Crippen molar-refractivity contribution in [2.45, 2.75) is 20.8 Å². The third-order valence-electron chi connectivity index (χ3n) is 3.13. The van der Waals surface area contributed by atoms with Crippen molar-refractivity contribution in [1.29, 1.82) is 0 Å². The fourth-order valence-corrected chi connectivity index (χ4v) is 2.19. The molecule has 2 rings (SSSR count). The first-order valence-corrected chi connectivity index (χ1v) is 5.79. The number of nitrogens with zero attached hydrogens (tertiary/aromatic N) is 1. The standard InChI is InChI=1S/C13H19N3/c1-4-16(5-2)10-6-9(3)13-11(7-10)12(14)8-15-13/h6-8,15H,4-5,14H2,1-3H3. The maximum Gasteiger partial charge on any atom is 0.0572 e. The summed E-state index contributed by atoms with van der Waals surface area (Å²) in [6, 6.07) is 4.38. The number of hydrogen-bond acceptors (Lipinski definition) is 2. The van der Waals surface area contributed by atoms with Crippen LogP contribution in [0.5, 0.6) is 0 Å². The Balaban J connectivity index is 2.59. The molecule has 0 radical (unpaired) electrons. The molecule has 0 fully saturated rings. The van der Waals surface area contributed by atoms with Gasteiger partial charge in [0.25, 0.3) is 0 Å². The van der Waals surface area contributed by atoms with Crippen LogP contribution in [0.15, 0.2) is 18.3 Å². The largest absolute Gasteiger partial charge is 0.397 e. The van der Waals surface area contributed by atoms with E-state index < -0.39 is 0 Å². The van der Waals surface area contributed by atoms with Gasteiger partial charge in [-0.1, -0.05) is 0 Å². The number of fused-ring (bicyclic) bond motifs is 1. The predicted octanol–water partition coefficient (Wildman–Crippen LogP) is 2.90. The zero-order valence-electron chi connectivity index (χ0n) is 10.2. The van der Waals surface area contributed by atoms with Gasteiger partial charge in [0.2, 0.25) is 0 Å². The van der Waals surface area contributed by atoms with Crippen molar-refractivity contribution in [3.05, 3.63) is 23.9 Å². The number of benzene rings is 1. The third kappa shape index (κ3) is 1.62. The lowest BCUT2D eigenvalue weighted by Gasteiger charge is -2.21. The smallest absolute Gasteiger partial charge is 0.0572 e. The highest BCUT2D eigenvalue weighted by Gasteiger charge is 2.08. The van der Waals surface area contributed by atoms with Gasteiger partial charge in [0, 0.05) is 30.4 Å². The van der Waals surface area contributed by atoms with Crippen LogP contribution < -0.4 is 10.6 Å². The zero-order chi connectivity index (χ0) is 11.7. The summed E-state index contributed by atoms with van der Waals surface area (Å²) in [5.41, 5.74) is 10.4. The summed E-state index contributed by atoms with van der Waals surface area (Å²) in [7, 11) is 0. The SMILES string of the molecule is CCN(CC)c1cc(C)c2[nH]cc(N)c2c1. The van der Waals surface area contributed by atoms with E-state index in [1.54, 1.807) is 0 Å². The molecule has 0 aliphatic carbocycles. The van der Waals surface area contributed by atoms with Crippen LogP contribution in [-0.4, -0.2) is 18.1 Å². The Kier molecular flexibility index (Phi) is 2.77. The van der Waals surface area contributed by atoms with Gasteiger partial charge in [-0.3, -0.25) is 0 Å². The van der Waals surface area contributed by atoms with E-state index in [1.807, 2.05) is 6.20 Å². The second kappa shape index (κ2) is 4.08. The highest BCUT2D eigenvalue weighted by atomic mass is 15.1. The number of hydrogen-bond donors (Lipinski definition) is 2. The number of aryl methyl sites for hydroxylation is 1. The summed E-state index contributed by atoms with van der Waals surface area (Å²) in [5, 5.41) is 1.13. The predicted molar refractivity (Wildman–Crippen MR) is 71.0 cm³/mol. The molecule has 0 bridgehead atoms. The van der Waals surface area contributed by atoms with Gasteiger partial charge in [-0.25, -0.2) is 0 Å². The van der Waals surface area contributed by atoms with Gasteiger partial charge >= 0.3 is 0 Å². The van der Waals surface area contributed by atoms with Gasteiger partial charge in [0.1, 0.15) is 0 Å². The maximum atomic E-state index is 5.95. The van der Waals surface area contributed by atoms with Crippen LogP contribution in [-0.2, 0) is 0 Å². The van der Waals surface area contributed by atoms with E-state index >= 15 is 0 Å². The fourth-order valence-electron chi connectivity index (χ4n) is 2.19. The van der Waals surface area contributed by atoms with Gasteiger partial charge in [-0.15, -0.1) is 0 Å². The molecule has 3 nitrogen and oxygen atoms in total. The second-order valence-electron chi connectivity index (χ2n) is 4.10. The summed E-state index contributed by atoms with van der Waals surface area (Å²) in [5.74, 6) is 0. The van der Waals surface area contributed by atoms with Gasteiger partial charge in [-0.05, 0) is 38.5 Å². The average molecular weight is 217 g/mol. The molecule has 16 heavy (non-hydrogen) atoms. The first kappa shape index (κ1) is 10.9. The molecule has 1 heterocycles. The number of rotatable bonds is 3. The van der Waals surface area contributed by atoms with Crippen molar-refractivity contribution < 1.29 is 0 Å².